The van der Waals surface area contributed by atoms with E-state index in [1.54, 1.807) is 7.11 Å². The van der Waals surface area contributed by atoms with Gasteiger partial charge in [0, 0.05) is 33.3 Å². The summed E-state index contributed by atoms with van der Waals surface area (Å²) in [6, 6.07) is 0.0371. The van der Waals surface area contributed by atoms with Crippen molar-refractivity contribution in [1.82, 2.24) is 15.5 Å². The minimum atomic E-state index is 0.0349. The predicted molar refractivity (Wildman–Crippen MR) is 79.4 cm³/mol. The first-order valence-electron chi connectivity index (χ1n) is 7.37. The van der Waals surface area contributed by atoms with Gasteiger partial charge in [-0.2, -0.15) is 0 Å². The van der Waals surface area contributed by atoms with E-state index in [-0.39, 0.29) is 12.1 Å². The van der Waals surface area contributed by atoms with Crippen molar-refractivity contribution in [2.45, 2.75) is 39.7 Å². The predicted octanol–water partition coefficient (Wildman–Crippen LogP) is 1.69. The van der Waals surface area contributed by atoms with Crippen molar-refractivity contribution in [2.75, 3.05) is 40.3 Å². The Morgan fingerprint density at radius 3 is 2.37 bits per heavy atom. The number of likely N-dealkylation sites (tertiary alicyclic amines) is 1. The van der Waals surface area contributed by atoms with Crippen molar-refractivity contribution in [3.05, 3.63) is 0 Å². The second-order valence-electron chi connectivity index (χ2n) is 4.77. The maximum atomic E-state index is 11.9. The summed E-state index contributed by atoms with van der Waals surface area (Å²) in [4.78, 5) is 13.8. The van der Waals surface area contributed by atoms with Gasteiger partial charge in [-0.3, -0.25) is 0 Å². The number of carbonyl (C=O) groups excluding carboxylic acids is 1. The summed E-state index contributed by atoms with van der Waals surface area (Å²) in [5.41, 5.74) is 0. The van der Waals surface area contributed by atoms with E-state index in [2.05, 4.69) is 17.6 Å². The van der Waals surface area contributed by atoms with Gasteiger partial charge in [-0.05, 0) is 25.8 Å². The van der Waals surface area contributed by atoms with E-state index in [0.717, 1.165) is 38.4 Å². The molecule has 1 aliphatic rings. The van der Waals surface area contributed by atoms with Crippen LogP contribution in [0.15, 0.2) is 0 Å². The number of nitrogens with one attached hydrogen (secondary N) is 2. The molecule has 1 atom stereocenters. The Hall–Kier alpha value is -0.810. The molecule has 0 spiro atoms. The van der Waals surface area contributed by atoms with Crippen LogP contribution in [0.3, 0.4) is 0 Å². The zero-order chi connectivity index (χ0) is 14.7. The van der Waals surface area contributed by atoms with Gasteiger partial charge in [-0.1, -0.05) is 20.8 Å². The number of methoxy groups -OCH3 is 1. The fourth-order valence-electron chi connectivity index (χ4n) is 1.99. The van der Waals surface area contributed by atoms with E-state index in [4.69, 9.17) is 4.74 Å². The van der Waals surface area contributed by atoms with Crippen LogP contribution < -0.4 is 10.6 Å². The summed E-state index contributed by atoms with van der Waals surface area (Å²) in [5.74, 6) is 0.745. The number of ether oxygens (including phenoxy) is 1. The summed E-state index contributed by atoms with van der Waals surface area (Å²) >= 11 is 0. The second-order valence-corrected chi connectivity index (χ2v) is 4.77. The topological polar surface area (TPSA) is 53.6 Å². The van der Waals surface area contributed by atoms with Crippen molar-refractivity contribution in [3.63, 3.8) is 0 Å². The number of piperidine rings is 1. The third-order valence-electron chi connectivity index (χ3n) is 3.32. The average Bonchev–Trinajstić information content (AvgIpc) is 2.46. The lowest BCUT2D eigenvalue weighted by atomic mass is 10.00. The summed E-state index contributed by atoms with van der Waals surface area (Å²) in [5, 5.41) is 5.96. The van der Waals surface area contributed by atoms with E-state index < -0.39 is 0 Å². The standard InChI is InChI=1S/C12H25N3O2.C2H6/c1-10-4-6-15(7-5-10)12(16)14-9-11(17-3)8-13-2;1-2/h10-11,13H,4-9H2,1-3H3,(H,14,16);1-2H3. The van der Waals surface area contributed by atoms with Gasteiger partial charge in [-0.25, -0.2) is 4.79 Å². The molecule has 2 N–H and O–H groups in total. The molecule has 5 heteroatoms. The highest BCUT2D eigenvalue weighted by Crippen LogP contribution is 2.15. The smallest absolute Gasteiger partial charge is 0.317 e. The van der Waals surface area contributed by atoms with Gasteiger partial charge in [0.25, 0.3) is 0 Å². The number of urea groups is 1. The molecule has 0 saturated carbocycles. The second kappa shape index (κ2) is 11.1. The van der Waals surface area contributed by atoms with Crippen LogP contribution in [-0.2, 0) is 4.74 Å². The molecule has 0 aliphatic carbocycles. The number of amides is 2. The minimum absolute atomic E-state index is 0.0349. The van der Waals surface area contributed by atoms with Gasteiger partial charge in [-0.15, -0.1) is 0 Å². The Morgan fingerprint density at radius 2 is 1.89 bits per heavy atom. The fourth-order valence-corrected chi connectivity index (χ4v) is 1.99. The molecule has 0 bridgehead atoms. The number of hydrogen-bond donors (Lipinski definition) is 2. The molecule has 19 heavy (non-hydrogen) atoms. The van der Waals surface area contributed by atoms with Crippen LogP contribution in [0.2, 0.25) is 0 Å². The molecule has 1 heterocycles. The first-order chi connectivity index (χ1) is 9.17. The van der Waals surface area contributed by atoms with E-state index in [0.29, 0.717) is 6.54 Å². The lowest BCUT2D eigenvalue weighted by molar-refractivity contribution is 0.100. The van der Waals surface area contributed by atoms with Crippen molar-refractivity contribution >= 4 is 6.03 Å². The highest BCUT2D eigenvalue weighted by atomic mass is 16.5. The maximum absolute atomic E-state index is 11.9. The molecule has 0 radical (unpaired) electrons. The Balaban J connectivity index is 0.00000154. The number of rotatable bonds is 5. The molecular formula is C14H31N3O2. The normalized spacial score (nSPS) is 17.4. The zero-order valence-corrected chi connectivity index (χ0v) is 13.2. The third-order valence-corrected chi connectivity index (χ3v) is 3.32. The zero-order valence-electron chi connectivity index (χ0n) is 13.2. The van der Waals surface area contributed by atoms with Crippen molar-refractivity contribution in [1.29, 1.82) is 0 Å². The maximum Gasteiger partial charge on any atom is 0.317 e. The molecule has 1 rings (SSSR count). The molecule has 0 aromatic carbocycles. The minimum Gasteiger partial charge on any atom is -0.378 e. The van der Waals surface area contributed by atoms with Crippen LogP contribution >= 0.6 is 0 Å². The molecule has 0 aromatic heterocycles. The first kappa shape index (κ1) is 18.2. The molecular weight excluding hydrogens is 242 g/mol. The summed E-state index contributed by atoms with van der Waals surface area (Å²) in [6.45, 7) is 9.28. The van der Waals surface area contributed by atoms with Crippen LogP contribution in [0.5, 0.6) is 0 Å². The molecule has 5 nitrogen and oxygen atoms in total. The number of nitrogens with zero attached hydrogens (tertiary/aromatic N) is 1. The number of hydrogen-bond acceptors (Lipinski definition) is 3. The lowest BCUT2D eigenvalue weighted by Crippen LogP contribution is -2.47. The highest BCUT2D eigenvalue weighted by Gasteiger charge is 2.20. The SMILES string of the molecule is CC.CNCC(CNC(=O)N1CCC(C)CC1)OC. The van der Waals surface area contributed by atoms with Gasteiger partial charge in [0.15, 0.2) is 0 Å². The molecule has 0 aromatic rings. The first-order valence-corrected chi connectivity index (χ1v) is 7.37. The van der Waals surface area contributed by atoms with E-state index in [1.807, 2.05) is 25.8 Å². The Bertz CT molecular complexity index is 229. The van der Waals surface area contributed by atoms with Gasteiger partial charge in [0.1, 0.15) is 0 Å². The summed E-state index contributed by atoms with van der Waals surface area (Å²) < 4.78 is 5.25. The van der Waals surface area contributed by atoms with Crippen LogP contribution in [0.4, 0.5) is 4.79 Å². The highest BCUT2D eigenvalue weighted by molar-refractivity contribution is 5.74. The van der Waals surface area contributed by atoms with Crippen LogP contribution in [-0.4, -0.2) is 57.4 Å². The van der Waals surface area contributed by atoms with E-state index >= 15 is 0 Å². The molecule has 1 unspecified atom stereocenters. The van der Waals surface area contributed by atoms with E-state index in [1.165, 1.54) is 0 Å². The van der Waals surface area contributed by atoms with Gasteiger partial charge < -0.3 is 20.3 Å². The quantitative estimate of drug-likeness (QED) is 0.801. The lowest BCUT2D eigenvalue weighted by Gasteiger charge is -2.30. The Morgan fingerprint density at radius 1 is 1.32 bits per heavy atom. The van der Waals surface area contributed by atoms with Crippen molar-refractivity contribution in [2.24, 2.45) is 5.92 Å². The fraction of sp³-hybridized carbons (Fsp3) is 0.929. The molecule has 114 valence electrons. The Kier molecular flexibility index (Phi) is 10.6. The average molecular weight is 273 g/mol. The molecule has 1 saturated heterocycles. The molecule has 1 aliphatic heterocycles. The van der Waals surface area contributed by atoms with Gasteiger partial charge in [0.2, 0.25) is 0 Å². The summed E-state index contributed by atoms with van der Waals surface area (Å²) in [6.07, 6.45) is 2.25. The van der Waals surface area contributed by atoms with Crippen molar-refractivity contribution in [3.8, 4) is 0 Å². The van der Waals surface area contributed by atoms with Crippen LogP contribution in [0, 0.1) is 5.92 Å². The van der Waals surface area contributed by atoms with Crippen LogP contribution in [0.25, 0.3) is 0 Å². The third kappa shape index (κ3) is 7.38. The van der Waals surface area contributed by atoms with Crippen molar-refractivity contribution < 1.29 is 9.53 Å². The Labute approximate surface area is 118 Å². The van der Waals surface area contributed by atoms with Crippen LogP contribution in [0.1, 0.15) is 33.6 Å². The molecule has 1 fully saturated rings. The van der Waals surface area contributed by atoms with E-state index in [9.17, 15) is 4.79 Å². The number of likely N-dealkylation sites (N-methyl/N-ethyl adjacent to an activating group) is 1. The van der Waals surface area contributed by atoms with Gasteiger partial charge >= 0.3 is 6.03 Å². The number of carbonyl (C=O) groups is 1. The summed E-state index contributed by atoms with van der Waals surface area (Å²) in [7, 11) is 3.54. The molecule has 2 amide bonds. The monoisotopic (exact) mass is 273 g/mol. The van der Waals surface area contributed by atoms with Gasteiger partial charge in [0.05, 0.1) is 6.10 Å². The largest absolute Gasteiger partial charge is 0.378 e.